The molecule has 38 heavy (non-hydrogen) atoms. The number of carboxylic acid groups (broad SMARTS) is 2. The predicted molar refractivity (Wildman–Crippen MR) is 148 cm³/mol. The maximum atomic E-state index is 13.8. The molecule has 0 unspecified atom stereocenters. The quantitative estimate of drug-likeness (QED) is 0.204. The molecule has 0 bridgehead atoms. The van der Waals surface area contributed by atoms with Gasteiger partial charge in [0.1, 0.15) is 24.7 Å². The monoisotopic (exact) mass is 554 g/mol. The van der Waals surface area contributed by atoms with E-state index in [2.05, 4.69) is 0 Å². The molecule has 2 N–H and O–H groups in total. The summed E-state index contributed by atoms with van der Waals surface area (Å²) in [6, 6.07) is 20.0. The fourth-order valence-electron chi connectivity index (χ4n) is 3.88. The van der Waals surface area contributed by atoms with Crippen LogP contribution in [0.2, 0.25) is 0 Å². The number of anilines is 2. The van der Waals surface area contributed by atoms with Crippen molar-refractivity contribution in [2.75, 3.05) is 21.7 Å². The maximum Gasteiger partial charge on any atom is 0.324 e. The molecule has 0 fully saturated rings. The largest absolute Gasteiger partial charge is 0.480 e. The third kappa shape index (κ3) is 6.38. The molecule has 4 aromatic carbocycles. The van der Waals surface area contributed by atoms with Crippen LogP contribution in [-0.2, 0) is 9.59 Å². The van der Waals surface area contributed by atoms with Gasteiger partial charge in [-0.3, -0.25) is 9.59 Å². The number of carbonyl (C=O) groups is 2. The molecule has 4 aromatic rings. The molecular weight excluding hydrogens is 530 g/mol. The first-order valence-corrected chi connectivity index (χ1v) is 13.1. The Bertz CT molecular complexity index is 1400. The van der Waals surface area contributed by atoms with Crippen molar-refractivity contribution in [2.24, 2.45) is 0 Å². The fraction of sp³-hybridized carbons (Fsp3) is 0.143. The van der Waals surface area contributed by atoms with Gasteiger partial charge in [-0.15, -0.1) is 0 Å². The lowest BCUT2D eigenvalue weighted by atomic mass is 10.1. The number of halogens is 2. The van der Waals surface area contributed by atoms with E-state index in [9.17, 15) is 28.6 Å². The van der Waals surface area contributed by atoms with Gasteiger partial charge in [0.15, 0.2) is 0 Å². The number of hydrogen-bond acceptors (Lipinski definition) is 6. The van der Waals surface area contributed by atoms with Gasteiger partial charge in [-0.2, -0.15) is 0 Å². The fourth-order valence-corrected chi connectivity index (χ4v) is 5.97. The molecule has 6 nitrogen and oxygen atoms in total. The summed E-state index contributed by atoms with van der Waals surface area (Å²) in [4.78, 5) is 24.9. The second-order valence-corrected chi connectivity index (χ2v) is 10.7. The van der Waals surface area contributed by atoms with E-state index in [1.165, 1.54) is 36.0 Å². The number of nitrogens with zero attached hydrogens (tertiary/aromatic N) is 2. The van der Waals surface area contributed by atoms with Crippen LogP contribution >= 0.6 is 23.9 Å². The topological polar surface area (TPSA) is 81.1 Å². The maximum absolute atomic E-state index is 13.8. The molecule has 0 saturated carbocycles. The van der Waals surface area contributed by atoms with Crippen LogP contribution in [0.1, 0.15) is 11.1 Å². The lowest BCUT2D eigenvalue weighted by Crippen LogP contribution is -2.25. The van der Waals surface area contributed by atoms with Gasteiger partial charge in [-0.05, 0) is 97.4 Å². The molecule has 10 heteroatoms. The SMILES string of the molecule is Cc1cc(SN(CC(=O)O)c2ccc(N(CC(=O)O)Sc3ccc(F)c(C)c3)c3ccccc23)ccc1F. The highest BCUT2D eigenvalue weighted by atomic mass is 32.2. The summed E-state index contributed by atoms with van der Waals surface area (Å²) in [5, 5.41) is 20.7. The smallest absolute Gasteiger partial charge is 0.324 e. The van der Waals surface area contributed by atoms with E-state index in [1.807, 2.05) is 24.3 Å². The number of hydrogen-bond donors (Lipinski definition) is 2. The Kier molecular flexibility index (Phi) is 8.43. The van der Waals surface area contributed by atoms with Gasteiger partial charge >= 0.3 is 11.9 Å². The molecule has 0 aliphatic heterocycles. The van der Waals surface area contributed by atoms with Crippen LogP contribution in [0.5, 0.6) is 0 Å². The summed E-state index contributed by atoms with van der Waals surface area (Å²) in [5.41, 5.74) is 2.11. The van der Waals surface area contributed by atoms with Crippen molar-refractivity contribution in [1.82, 2.24) is 0 Å². The van der Waals surface area contributed by atoms with Crippen LogP contribution in [0.3, 0.4) is 0 Å². The minimum Gasteiger partial charge on any atom is -0.480 e. The zero-order valence-electron chi connectivity index (χ0n) is 20.5. The molecule has 0 aliphatic rings. The average Bonchev–Trinajstić information content (AvgIpc) is 2.86. The minimum absolute atomic E-state index is 0.327. The van der Waals surface area contributed by atoms with Gasteiger partial charge in [0.25, 0.3) is 0 Å². The Morgan fingerprint density at radius 3 is 1.42 bits per heavy atom. The molecule has 0 radical (unpaired) electrons. The minimum atomic E-state index is -1.04. The second kappa shape index (κ2) is 11.7. The molecule has 196 valence electrons. The van der Waals surface area contributed by atoms with Gasteiger partial charge in [0.2, 0.25) is 0 Å². The summed E-state index contributed by atoms with van der Waals surface area (Å²) >= 11 is 2.35. The van der Waals surface area contributed by atoms with Crippen molar-refractivity contribution in [3.8, 4) is 0 Å². The number of rotatable bonds is 10. The Hall–Kier alpha value is -3.76. The molecule has 0 saturated heterocycles. The van der Waals surface area contributed by atoms with Crippen molar-refractivity contribution >= 4 is 58.0 Å². The van der Waals surface area contributed by atoms with Crippen LogP contribution in [0, 0.1) is 25.5 Å². The first-order valence-electron chi connectivity index (χ1n) is 11.5. The molecular formula is C28H24F2N2O4S2. The van der Waals surface area contributed by atoms with Gasteiger partial charge in [-0.25, -0.2) is 8.78 Å². The summed E-state index contributed by atoms with van der Waals surface area (Å²) in [5.74, 6) is -2.78. The van der Waals surface area contributed by atoms with Gasteiger partial charge in [0.05, 0.1) is 11.4 Å². The average molecular weight is 555 g/mol. The molecule has 0 aliphatic carbocycles. The number of aryl methyl sites for hydroxylation is 2. The molecule has 0 aromatic heterocycles. The Morgan fingerprint density at radius 2 is 1.08 bits per heavy atom. The molecule has 0 heterocycles. The Morgan fingerprint density at radius 1 is 0.684 bits per heavy atom. The predicted octanol–water partition coefficient (Wildman–Crippen LogP) is 6.93. The standard InChI is InChI=1S/C28H24F2N2O4S2/c1-17-13-19(7-9-23(17)29)37-31(15-27(33)34)25-11-12-26(22-6-4-3-5-21(22)25)32(16-28(35)36)38-20-8-10-24(30)18(2)14-20/h3-14H,15-16H2,1-2H3,(H,33,34)(H,35,36). The van der Waals surface area contributed by atoms with E-state index in [4.69, 9.17) is 0 Å². The van der Waals surface area contributed by atoms with Gasteiger partial charge in [0, 0.05) is 20.6 Å². The van der Waals surface area contributed by atoms with Gasteiger partial charge < -0.3 is 18.8 Å². The lowest BCUT2D eigenvalue weighted by molar-refractivity contribution is -0.136. The zero-order chi connectivity index (χ0) is 27.4. The molecule has 0 atom stereocenters. The van der Waals surface area contributed by atoms with Crippen molar-refractivity contribution in [3.05, 3.63) is 95.6 Å². The van der Waals surface area contributed by atoms with Crippen LogP contribution in [0.25, 0.3) is 10.8 Å². The van der Waals surface area contributed by atoms with Crippen molar-refractivity contribution in [3.63, 3.8) is 0 Å². The van der Waals surface area contributed by atoms with Crippen LogP contribution in [-0.4, -0.2) is 35.2 Å². The van der Waals surface area contributed by atoms with Crippen molar-refractivity contribution in [1.29, 1.82) is 0 Å². The van der Waals surface area contributed by atoms with Crippen molar-refractivity contribution < 1.29 is 28.6 Å². The highest BCUT2D eigenvalue weighted by Gasteiger charge is 2.21. The summed E-state index contributed by atoms with van der Waals surface area (Å²) in [6.07, 6.45) is 0. The Labute approximate surface area is 227 Å². The second-order valence-electron chi connectivity index (χ2n) is 8.51. The summed E-state index contributed by atoms with van der Waals surface area (Å²) in [7, 11) is 0. The highest BCUT2D eigenvalue weighted by Crippen LogP contribution is 2.41. The van der Waals surface area contributed by atoms with E-state index >= 15 is 0 Å². The van der Waals surface area contributed by atoms with Crippen LogP contribution in [0.15, 0.2) is 82.6 Å². The summed E-state index contributed by atoms with van der Waals surface area (Å²) in [6.45, 7) is 2.63. The number of carboxylic acids is 2. The third-order valence-electron chi connectivity index (χ3n) is 5.66. The van der Waals surface area contributed by atoms with E-state index < -0.39 is 11.9 Å². The molecule has 0 amide bonds. The summed E-state index contributed by atoms with van der Waals surface area (Å²) < 4.78 is 30.8. The van der Waals surface area contributed by atoms with E-state index in [0.29, 0.717) is 43.1 Å². The van der Waals surface area contributed by atoms with E-state index in [0.717, 1.165) is 0 Å². The normalized spacial score (nSPS) is 10.9. The van der Waals surface area contributed by atoms with E-state index in [1.54, 1.807) is 58.9 Å². The van der Waals surface area contributed by atoms with Gasteiger partial charge in [-0.1, -0.05) is 24.3 Å². The first kappa shape index (κ1) is 27.3. The lowest BCUT2D eigenvalue weighted by Gasteiger charge is -2.27. The first-order chi connectivity index (χ1) is 18.1. The third-order valence-corrected chi connectivity index (χ3v) is 7.69. The molecule has 4 rings (SSSR count). The number of benzene rings is 4. The number of fused-ring (bicyclic) bond motifs is 1. The Balaban J connectivity index is 1.78. The van der Waals surface area contributed by atoms with Crippen molar-refractivity contribution in [2.45, 2.75) is 23.6 Å². The van der Waals surface area contributed by atoms with Crippen LogP contribution in [0.4, 0.5) is 20.2 Å². The zero-order valence-corrected chi connectivity index (χ0v) is 22.2. The highest BCUT2D eigenvalue weighted by molar-refractivity contribution is 8.01. The van der Waals surface area contributed by atoms with E-state index in [-0.39, 0.29) is 24.7 Å². The van der Waals surface area contributed by atoms with Crippen LogP contribution < -0.4 is 8.61 Å². The number of aliphatic carboxylic acids is 2. The molecule has 0 spiro atoms.